The second kappa shape index (κ2) is 10.2. The lowest BCUT2D eigenvalue weighted by Crippen LogP contribution is -2.70. The van der Waals surface area contributed by atoms with E-state index in [0.717, 1.165) is 49.9 Å². The topological polar surface area (TPSA) is 101 Å². The molecule has 5 fully saturated rings. The van der Waals surface area contributed by atoms with Crippen LogP contribution in [-0.2, 0) is 26.2 Å². The molecule has 5 atom stereocenters. The zero-order chi connectivity index (χ0) is 31.5. The quantitative estimate of drug-likeness (QED) is 0.520. The lowest BCUT2D eigenvalue weighted by molar-refractivity contribution is -0.159. The molecule has 1 N–H and O–H groups in total. The van der Waals surface area contributed by atoms with E-state index in [0.29, 0.717) is 31.7 Å². The number of ether oxygens (including phenoxy) is 1. The third kappa shape index (κ3) is 4.31. The third-order valence-corrected chi connectivity index (χ3v) is 14.1. The first-order valence-electron chi connectivity index (χ1n) is 17.4. The number of hydrogen-bond donors (Lipinski definition) is 1. The summed E-state index contributed by atoms with van der Waals surface area (Å²) in [6.07, 6.45) is 13.7. The summed E-state index contributed by atoms with van der Waals surface area (Å²) in [5.41, 5.74) is 4.38. The van der Waals surface area contributed by atoms with Gasteiger partial charge in [0.1, 0.15) is 5.75 Å². The van der Waals surface area contributed by atoms with Gasteiger partial charge in [0.05, 0.1) is 29.4 Å². The van der Waals surface area contributed by atoms with Crippen molar-refractivity contribution in [3.8, 4) is 17.0 Å². The number of likely N-dealkylation sites (tertiary alicyclic amines) is 2. The van der Waals surface area contributed by atoms with Gasteiger partial charge in [-0.3, -0.25) is 14.3 Å². The Morgan fingerprint density at radius 2 is 1.80 bits per heavy atom. The van der Waals surface area contributed by atoms with Crippen LogP contribution in [0.4, 0.5) is 0 Å². The van der Waals surface area contributed by atoms with Gasteiger partial charge in [-0.05, 0) is 98.5 Å². The number of hydrogen-bond acceptors (Lipinski definition) is 6. The second-order valence-corrected chi connectivity index (χ2v) is 17.2. The van der Waals surface area contributed by atoms with E-state index in [4.69, 9.17) is 4.74 Å². The second-order valence-electron chi connectivity index (χ2n) is 15.2. The van der Waals surface area contributed by atoms with Gasteiger partial charge >= 0.3 is 0 Å². The van der Waals surface area contributed by atoms with Gasteiger partial charge in [-0.15, -0.1) is 0 Å². The summed E-state index contributed by atoms with van der Waals surface area (Å²) < 4.78 is 36.0. The molecule has 0 radical (unpaired) electrons. The molecule has 4 aliphatic carbocycles. The molecule has 2 aromatic rings. The maximum absolute atomic E-state index is 14.8. The molecule has 3 aliphatic heterocycles. The smallest absolute Gasteiger partial charge is 0.240 e. The van der Waals surface area contributed by atoms with Crippen molar-refractivity contribution in [2.24, 2.45) is 11.3 Å². The highest BCUT2D eigenvalue weighted by molar-refractivity contribution is 7.90. The lowest BCUT2D eigenvalue weighted by Gasteiger charge is -2.56. The van der Waals surface area contributed by atoms with E-state index in [9.17, 15) is 18.0 Å². The highest BCUT2D eigenvalue weighted by Gasteiger charge is 2.66. The van der Waals surface area contributed by atoms with Crippen LogP contribution < -0.4 is 20.0 Å². The van der Waals surface area contributed by atoms with E-state index in [2.05, 4.69) is 44.3 Å². The molecule has 2 bridgehead atoms. The normalized spacial score (nSPS) is 31.5. The molecule has 0 spiro atoms. The van der Waals surface area contributed by atoms with Crippen LogP contribution in [0.3, 0.4) is 0 Å². The van der Waals surface area contributed by atoms with Crippen LogP contribution in [0, 0.1) is 11.3 Å². The van der Waals surface area contributed by atoms with Gasteiger partial charge in [-0.2, -0.15) is 0 Å². The largest absolute Gasteiger partial charge is 0.497 e. The van der Waals surface area contributed by atoms with Crippen LogP contribution in [-0.4, -0.2) is 79.2 Å². The Bertz CT molecular complexity index is 1880. The van der Waals surface area contributed by atoms with Crippen molar-refractivity contribution in [1.82, 2.24) is 19.1 Å². The van der Waals surface area contributed by atoms with Crippen molar-refractivity contribution in [3.05, 3.63) is 39.9 Å². The van der Waals surface area contributed by atoms with Crippen LogP contribution in [0.2, 0.25) is 0 Å². The maximum atomic E-state index is 14.8. The predicted molar refractivity (Wildman–Crippen MR) is 175 cm³/mol. The molecular weight excluding hydrogens is 600 g/mol. The van der Waals surface area contributed by atoms with Crippen molar-refractivity contribution in [3.63, 3.8) is 0 Å². The Balaban J connectivity index is 1.21. The Hall–Kier alpha value is -3.11. The zero-order valence-corrected chi connectivity index (χ0v) is 27.7. The van der Waals surface area contributed by atoms with Crippen molar-refractivity contribution in [2.75, 3.05) is 27.2 Å². The molecule has 10 heteroatoms. The van der Waals surface area contributed by atoms with E-state index in [1.165, 1.54) is 46.9 Å². The van der Waals surface area contributed by atoms with Crippen LogP contribution in [0.25, 0.3) is 23.4 Å². The fourth-order valence-corrected chi connectivity index (χ4v) is 11.1. The van der Waals surface area contributed by atoms with Crippen LogP contribution in [0.15, 0.2) is 18.2 Å². The molecule has 9 nitrogen and oxygen atoms in total. The van der Waals surface area contributed by atoms with Gasteiger partial charge in [0.15, 0.2) is 0 Å². The monoisotopic (exact) mass is 644 g/mol. The first kappa shape index (κ1) is 29.1. The highest BCUT2D eigenvalue weighted by atomic mass is 32.2. The van der Waals surface area contributed by atoms with Crippen molar-refractivity contribution in [1.29, 1.82) is 0 Å². The van der Waals surface area contributed by atoms with Crippen LogP contribution in [0.5, 0.6) is 5.75 Å². The number of likely N-dealkylation sites (N-methyl/N-ethyl adjacent to an activating group) is 1. The number of methoxy groups -OCH3 is 1. The number of carbonyl (C=O) groups is 2. The SMILES string of the molecule is COc1ccc2c(c1)C1CC1(C(=O)N1[C@@H]3C[C@H]1CN(C)C3)Cn1c-2c(C2CCCCC2)c2c1=CC(C(=O)NS(=O)(=O)C1CC1)CC=2. The molecular formula is C36H44N4O5S. The third-order valence-electron chi connectivity index (χ3n) is 12.3. The summed E-state index contributed by atoms with van der Waals surface area (Å²) >= 11 is 0. The van der Waals surface area contributed by atoms with Crippen molar-refractivity contribution < 1.29 is 22.7 Å². The first-order chi connectivity index (χ1) is 22.2. The average molecular weight is 645 g/mol. The van der Waals surface area contributed by atoms with E-state index >= 15 is 0 Å². The number of piperidine rings is 1. The lowest BCUT2D eigenvalue weighted by atomic mass is 9.81. The number of sulfonamides is 1. The van der Waals surface area contributed by atoms with E-state index in [-0.39, 0.29) is 23.9 Å². The summed E-state index contributed by atoms with van der Waals surface area (Å²) in [6, 6.07) is 6.95. The Labute approximate surface area is 270 Å². The minimum atomic E-state index is -3.64. The minimum absolute atomic E-state index is 0.106. The van der Waals surface area contributed by atoms with Crippen LogP contribution in [0.1, 0.15) is 87.2 Å². The predicted octanol–water partition coefficient (Wildman–Crippen LogP) is 2.80. The van der Waals surface area contributed by atoms with Crippen molar-refractivity contribution in [2.45, 2.75) is 99.9 Å². The molecule has 7 aliphatic rings. The van der Waals surface area contributed by atoms with E-state index < -0.39 is 32.5 Å². The number of carbonyl (C=O) groups excluding carboxylic acids is 2. The number of amides is 2. The number of piperazine rings is 1. The van der Waals surface area contributed by atoms with E-state index in [1.54, 1.807) is 7.11 Å². The van der Waals surface area contributed by atoms with Crippen molar-refractivity contribution >= 4 is 34.0 Å². The fourth-order valence-electron chi connectivity index (χ4n) is 9.75. The Kier molecular flexibility index (Phi) is 6.44. The van der Waals surface area contributed by atoms with E-state index in [1.807, 2.05) is 12.1 Å². The highest BCUT2D eigenvalue weighted by Crippen LogP contribution is 2.66. The maximum Gasteiger partial charge on any atom is 0.240 e. The summed E-state index contributed by atoms with van der Waals surface area (Å²) in [5.74, 6) is 0.573. The van der Waals surface area contributed by atoms with Gasteiger partial charge in [0.2, 0.25) is 21.8 Å². The summed E-state index contributed by atoms with van der Waals surface area (Å²) in [7, 11) is 0.208. The average Bonchev–Trinajstić information content (AvgIpc) is 3.97. The number of nitrogens with zero attached hydrogens (tertiary/aromatic N) is 3. The molecule has 9 rings (SSSR count). The zero-order valence-electron chi connectivity index (χ0n) is 26.8. The van der Waals surface area contributed by atoms with Crippen LogP contribution >= 0.6 is 0 Å². The Morgan fingerprint density at radius 1 is 1.04 bits per heavy atom. The molecule has 1 aromatic carbocycles. The number of nitrogens with one attached hydrogen (secondary N) is 1. The molecule has 3 saturated carbocycles. The molecule has 3 unspecified atom stereocenters. The summed E-state index contributed by atoms with van der Waals surface area (Å²) in [6.45, 7) is 2.42. The van der Waals surface area contributed by atoms with Gasteiger partial charge in [-0.1, -0.05) is 25.3 Å². The van der Waals surface area contributed by atoms with Gasteiger partial charge in [-0.25, -0.2) is 8.42 Å². The molecule has 2 saturated heterocycles. The Morgan fingerprint density at radius 3 is 2.52 bits per heavy atom. The van der Waals surface area contributed by atoms with Gasteiger partial charge in [0.25, 0.3) is 0 Å². The summed E-state index contributed by atoms with van der Waals surface area (Å²) in [4.78, 5) is 32.8. The number of aromatic nitrogens is 1. The fraction of sp³-hybridized carbons (Fsp3) is 0.611. The standard InChI is InChI=1S/C36H44N4O5S/c1-38-18-23-15-24(19-38)40(23)35(42)36-17-30(36)29-16-25(45-2)9-13-27(29)33-32(21-6-4-3-5-7-21)28-12-8-22(14-31(28)39(33)20-36)34(41)37-46(43,44)26-10-11-26/h9,12-14,16,21-24,26,30H,3-8,10-11,15,17-20H2,1-2H3,(H,37,41)/t22?,23-,24+,30?,36?. The van der Waals surface area contributed by atoms with Gasteiger partial charge in [0, 0.05) is 48.5 Å². The minimum Gasteiger partial charge on any atom is -0.497 e. The molecule has 4 heterocycles. The first-order valence-corrected chi connectivity index (χ1v) is 18.9. The van der Waals surface area contributed by atoms with Gasteiger partial charge < -0.3 is 19.1 Å². The number of fused-ring (bicyclic) bond motifs is 9. The summed E-state index contributed by atoms with van der Waals surface area (Å²) in [5, 5.41) is 1.71. The molecule has 1 aromatic heterocycles. The number of benzene rings is 1. The molecule has 46 heavy (non-hydrogen) atoms. The number of rotatable bonds is 6. The molecule has 244 valence electrons. The molecule has 2 amide bonds.